The van der Waals surface area contributed by atoms with Gasteiger partial charge >= 0.3 is 0 Å². The van der Waals surface area contributed by atoms with E-state index in [9.17, 15) is 13.7 Å². The van der Waals surface area contributed by atoms with E-state index in [-0.39, 0.29) is 9.80 Å². The van der Waals surface area contributed by atoms with Crippen molar-refractivity contribution in [3.8, 4) is 6.07 Å². The number of nitrogens with two attached hydrogens (primary N) is 1. The quantitative estimate of drug-likeness (QED) is 0.509. The Morgan fingerprint density at radius 3 is 2.56 bits per heavy atom. The zero-order valence-electron chi connectivity index (χ0n) is 15.1. The number of benzene rings is 2. The minimum Gasteiger partial charge on any atom is -0.399 e. The van der Waals surface area contributed by atoms with Gasteiger partial charge in [0, 0.05) is 34.9 Å². The number of hydrogen-bond donors (Lipinski definition) is 1. The van der Waals surface area contributed by atoms with Gasteiger partial charge in [-0.1, -0.05) is 31.5 Å². The summed E-state index contributed by atoms with van der Waals surface area (Å²) < 4.78 is 27.8. The summed E-state index contributed by atoms with van der Waals surface area (Å²) in [7, 11) is -3.91. The van der Waals surface area contributed by atoms with Crippen LogP contribution in [0.3, 0.4) is 0 Å². The first-order chi connectivity index (χ1) is 13.0. The van der Waals surface area contributed by atoms with Gasteiger partial charge in [0.05, 0.1) is 4.90 Å². The zero-order valence-corrected chi connectivity index (χ0v) is 15.9. The van der Waals surface area contributed by atoms with Crippen LogP contribution in [-0.2, 0) is 16.4 Å². The summed E-state index contributed by atoms with van der Waals surface area (Å²) in [6, 6.07) is 15.5. The lowest BCUT2D eigenvalue weighted by molar-refractivity contribution is 0.603. The number of fused-ring (bicyclic) bond motifs is 1. The zero-order chi connectivity index (χ0) is 19.4. The highest BCUT2D eigenvalue weighted by atomic mass is 32.2. The van der Waals surface area contributed by atoms with E-state index < -0.39 is 9.84 Å². The fraction of sp³-hybridized carbons (Fsp3) is 0.190. The number of nitrogen functional groups attached to an aromatic ring is 1. The molecule has 2 aromatic carbocycles. The van der Waals surface area contributed by atoms with Crippen molar-refractivity contribution in [2.24, 2.45) is 0 Å². The van der Waals surface area contributed by atoms with Gasteiger partial charge in [-0.3, -0.25) is 0 Å². The Labute approximate surface area is 159 Å². The Bertz CT molecular complexity index is 1130. The summed E-state index contributed by atoms with van der Waals surface area (Å²) in [5.41, 5.74) is 7.84. The molecule has 0 aliphatic carbocycles. The van der Waals surface area contributed by atoms with Crippen LogP contribution >= 0.6 is 0 Å². The van der Waals surface area contributed by atoms with Gasteiger partial charge in [-0.05, 0) is 42.8 Å². The van der Waals surface area contributed by atoms with Crippen LogP contribution in [0.2, 0.25) is 0 Å². The van der Waals surface area contributed by atoms with Crippen LogP contribution in [0.4, 0.5) is 5.69 Å². The highest BCUT2D eigenvalue weighted by molar-refractivity contribution is 7.95. The lowest BCUT2D eigenvalue weighted by Crippen LogP contribution is -2.03. The molecule has 138 valence electrons. The molecule has 0 saturated heterocycles. The molecule has 0 saturated carbocycles. The summed E-state index contributed by atoms with van der Waals surface area (Å²) >= 11 is 0. The number of aromatic nitrogens is 1. The van der Waals surface area contributed by atoms with Gasteiger partial charge in [0.2, 0.25) is 9.84 Å². The molecule has 2 N–H and O–H groups in total. The molecular formula is C21H21N3O2S. The van der Waals surface area contributed by atoms with Crippen LogP contribution in [0.5, 0.6) is 0 Å². The predicted molar refractivity (Wildman–Crippen MR) is 108 cm³/mol. The van der Waals surface area contributed by atoms with Crippen molar-refractivity contribution in [2.45, 2.75) is 31.2 Å². The number of para-hydroxylation sites is 1. The monoisotopic (exact) mass is 379 g/mol. The molecule has 1 aromatic heterocycles. The molecule has 0 bridgehead atoms. The summed E-state index contributed by atoms with van der Waals surface area (Å²) in [6.45, 7) is 2.97. The molecule has 1 heterocycles. The average molecular weight is 379 g/mol. The van der Waals surface area contributed by atoms with E-state index in [0.717, 1.165) is 35.9 Å². The second-order valence-corrected chi connectivity index (χ2v) is 8.26. The molecule has 3 aromatic rings. The summed E-state index contributed by atoms with van der Waals surface area (Å²) in [6.07, 6.45) is 5.45. The molecule has 0 aliphatic rings. The molecule has 0 atom stereocenters. The first kappa shape index (κ1) is 18.7. The average Bonchev–Trinajstić information content (AvgIpc) is 3.02. The summed E-state index contributed by atoms with van der Waals surface area (Å²) in [5, 5.41) is 10.5. The van der Waals surface area contributed by atoms with Crippen LogP contribution in [0.25, 0.3) is 17.0 Å². The van der Waals surface area contributed by atoms with Gasteiger partial charge in [-0.25, -0.2) is 8.42 Å². The maximum atomic E-state index is 12.9. The van der Waals surface area contributed by atoms with Crippen molar-refractivity contribution >= 4 is 32.5 Å². The third-order valence-corrected chi connectivity index (χ3v) is 6.13. The topological polar surface area (TPSA) is 88.9 Å². The minimum absolute atomic E-state index is 0.0548. The Morgan fingerprint density at radius 2 is 1.89 bits per heavy atom. The van der Waals surface area contributed by atoms with E-state index in [1.54, 1.807) is 0 Å². The van der Waals surface area contributed by atoms with E-state index in [2.05, 4.69) is 11.5 Å². The predicted octanol–water partition coefficient (Wildman–Crippen LogP) is 4.36. The second kappa shape index (κ2) is 7.68. The summed E-state index contributed by atoms with van der Waals surface area (Å²) in [5.74, 6) is 0. The van der Waals surface area contributed by atoms with Crippen LogP contribution < -0.4 is 5.73 Å². The highest BCUT2D eigenvalue weighted by Gasteiger charge is 2.21. The van der Waals surface area contributed by atoms with Crippen LogP contribution in [0.1, 0.15) is 25.3 Å². The number of allylic oxidation sites excluding steroid dienone is 1. The molecule has 0 spiro atoms. The molecule has 0 aliphatic heterocycles. The number of rotatable bonds is 6. The highest BCUT2D eigenvalue weighted by Crippen LogP contribution is 2.27. The summed E-state index contributed by atoms with van der Waals surface area (Å²) in [4.78, 5) is -0.232. The van der Waals surface area contributed by atoms with Crippen LogP contribution in [0, 0.1) is 11.3 Å². The standard InChI is InChI=1S/C21H21N3O2S/c1-2-3-12-24-15-16(20-6-4-5-7-21(20)24)13-19(14-22)27(25,26)18-10-8-17(23)9-11-18/h4-11,13,15H,2-3,12,23H2,1H3/b19-13+. The number of hydrogen-bond acceptors (Lipinski definition) is 4. The molecular weight excluding hydrogens is 358 g/mol. The van der Waals surface area contributed by atoms with Crippen molar-refractivity contribution in [1.82, 2.24) is 4.57 Å². The molecule has 3 rings (SSSR count). The van der Waals surface area contributed by atoms with E-state index in [4.69, 9.17) is 5.73 Å². The Kier molecular flexibility index (Phi) is 5.33. The smallest absolute Gasteiger partial charge is 0.216 e. The van der Waals surface area contributed by atoms with Crippen molar-refractivity contribution in [2.75, 3.05) is 5.73 Å². The normalized spacial score (nSPS) is 12.2. The Balaban J connectivity index is 2.11. The fourth-order valence-corrected chi connectivity index (χ4v) is 4.14. The third kappa shape index (κ3) is 3.74. The number of sulfone groups is 1. The molecule has 27 heavy (non-hydrogen) atoms. The molecule has 0 amide bonds. The molecule has 5 nitrogen and oxygen atoms in total. The maximum Gasteiger partial charge on any atom is 0.216 e. The molecule has 6 heteroatoms. The van der Waals surface area contributed by atoms with Crippen molar-refractivity contribution < 1.29 is 8.42 Å². The fourth-order valence-electron chi connectivity index (χ4n) is 2.99. The van der Waals surface area contributed by atoms with Crippen molar-refractivity contribution in [1.29, 1.82) is 5.26 Å². The maximum absolute atomic E-state index is 12.9. The Morgan fingerprint density at radius 1 is 1.19 bits per heavy atom. The number of anilines is 1. The number of nitriles is 1. The molecule has 0 fully saturated rings. The first-order valence-corrected chi connectivity index (χ1v) is 10.3. The van der Waals surface area contributed by atoms with Gasteiger partial charge in [-0.2, -0.15) is 5.26 Å². The van der Waals surface area contributed by atoms with Gasteiger partial charge in [0.25, 0.3) is 0 Å². The SMILES string of the molecule is CCCCn1cc(/C=C(\C#N)S(=O)(=O)c2ccc(N)cc2)c2ccccc21. The number of nitrogens with zero attached hydrogens (tertiary/aromatic N) is 2. The van der Waals surface area contributed by atoms with E-state index in [0.29, 0.717) is 5.69 Å². The van der Waals surface area contributed by atoms with E-state index in [1.807, 2.05) is 36.5 Å². The lowest BCUT2D eigenvalue weighted by atomic mass is 10.1. The van der Waals surface area contributed by atoms with Gasteiger partial charge in [0.1, 0.15) is 11.0 Å². The first-order valence-electron chi connectivity index (χ1n) is 8.77. The second-order valence-electron chi connectivity index (χ2n) is 6.34. The molecule has 0 unspecified atom stereocenters. The number of aryl methyl sites for hydroxylation is 1. The van der Waals surface area contributed by atoms with Gasteiger partial charge < -0.3 is 10.3 Å². The van der Waals surface area contributed by atoms with Crippen LogP contribution in [0.15, 0.2) is 64.5 Å². The third-order valence-electron chi connectivity index (χ3n) is 4.45. The number of unbranched alkanes of at least 4 members (excludes halogenated alkanes) is 1. The van der Waals surface area contributed by atoms with E-state index >= 15 is 0 Å². The largest absolute Gasteiger partial charge is 0.399 e. The van der Waals surface area contributed by atoms with Crippen LogP contribution in [-0.4, -0.2) is 13.0 Å². The van der Waals surface area contributed by atoms with Crippen molar-refractivity contribution in [3.63, 3.8) is 0 Å². The van der Waals surface area contributed by atoms with Gasteiger partial charge in [0.15, 0.2) is 0 Å². The van der Waals surface area contributed by atoms with E-state index in [1.165, 1.54) is 30.3 Å². The molecule has 0 radical (unpaired) electrons. The Hall–Kier alpha value is -3.04. The minimum atomic E-state index is -3.91. The van der Waals surface area contributed by atoms with Gasteiger partial charge in [-0.15, -0.1) is 0 Å². The lowest BCUT2D eigenvalue weighted by Gasteiger charge is -2.03. The van der Waals surface area contributed by atoms with Crippen molar-refractivity contribution in [3.05, 3.63) is 65.2 Å².